The Morgan fingerprint density at radius 1 is 0.979 bits per heavy atom. The summed E-state index contributed by atoms with van der Waals surface area (Å²) in [5.41, 5.74) is 5.94. The van der Waals surface area contributed by atoms with Crippen LogP contribution in [0.2, 0.25) is 10.0 Å². The van der Waals surface area contributed by atoms with Gasteiger partial charge < -0.3 is 14.6 Å². The van der Waals surface area contributed by atoms with E-state index in [0.717, 1.165) is 33.3 Å². The fourth-order valence-corrected chi connectivity index (χ4v) is 7.75. The smallest absolute Gasteiger partial charge is 0.271 e. The van der Waals surface area contributed by atoms with Crippen LogP contribution in [0, 0.1) is 6.92 Å². The molecule has 0 fully saturated rings. The lowest BCUT2D eigenvalue weighted by Gasteiger charge is -2.25. The highest BCUT2D eigenvalue weighted by Gasteiger charge is 2.33. The molecule has 1 aliphatic heterocycles. The van der Waals surface area contributed by atoms with Gasteiger partial charge in [-0.05, 0) is 73.5 Å². The SMILES string of the molecule is COc1cccc([C@H]2C(C(=O)Nc3ccccc3)=C(C)N=c3s/c(=C\c4c(C)n(Cc5ccc(Cl)cc5Cl)c5ccccc45)c(=O)n32)c1. The first-order valence-electron chi connectivity index (χ1n) is 15.3. The number of hydrogen-bond donors (Lipinski definition) is 1. The fourth-order valence-electron chi connectivity index (χ4n) is 6.25. The average Bonchev–Trinajstić information content (AvgIpc) is 3.53. The molecule has 1 amide bonds. The highest BCUT2D eigenvalue weighted by atomic mass is 35.5. The van der Waals surface area contributed by atoms with E-state index in [1.54, 1.807) is 17.7 Å². The van der Waals surface area contributed by atoms with E-state index in [2.05, 4.69) is 22.0 Å². The highest BCUT2D eigenvalue weighted by molar-refractivity contribution is 7.07. The Labute approximate surface area is 290 Å². The number of halogens is 2. The molecule has 0 unspecified atom stereocenters. The van der Waals surface area contributed by atoms with Crippen LogP contribution in [0.3, 0.4) is 0 Å². The molecule has 10 heteroatoms. The maximum atomic E-state index is 14.5. The lowest BCUT2D eigenvalue weighted by atomic mass is 9.95. The van der Waals surface area contributed by atoms with Gasteiger partial charge in [0.2, 0.25) is 0 Å². The summed E-state index contributed by atoms with van der Waals surface area (Å²) in [6.45, 7) is 4.39. The van der Waals surface area contributed by atoms with E-state index < -0.39 is 6.04 Å². The topological polar surface area (TPSA) is 77.6 Å². The van der Waals surface area contributed by atoms with Crippen LogP contribution in [0.25, 0.3) is 17.0 Å². The number of hydrogen-bond acceptors (Lipinski definition) is 5. The Kier molecular flexibility index (Phi) is 8.56. The number of ether oxygens (including phenoxy) is 1. The number of methoxy groups -OCH3 is 1. The van der Waals surface area contributed by atoms with E-state index in [4.69, 9.17) is 32.9 Å². The lowest BCUT2D eigenvalue weighted by Crippen LogP contribution is -2.40. The molecule has 0 saturated carbocycles. The molecular formula is C38H30Cl2N4O3S. The van der Waals surface area contributed by atoms with Gasteiger partial charge in [-0.3, -0.25) is 14.2 Å². The predicted octanol–water partition coefficient (Wildman–Crippen LogP) is 7.50. The quantitative estimate of drug-likeness (QED) is 0.188. The minimum atomic E-state index is -0.725. The first-order chi connectivity index (χ1) is 23.2. The third kappa shape index (κ3) is 5.76. The maximum Gasteiger partial charge on any atom is 0.271 e. The van der Waals surface area contributed by atoms with Crippen LogP contribution in [0.1, 0.15) is 35.3 Å². The second-order valence-corrected chi connectivity index (χ2v) is 13.4. The molecule has 1 aliphatic rings. The number of para-hydroxylation sites is 2. The van der Waals surface area contributed by atoms with Crippen molar-refractivity contribution < 1.29 is 9.53 Å². The zero-order valence-electron chi connectivity index (χ0n) is 26.3. The summed E-state index contributed by atoms with van der Waals surface area (Å²) in [6, 6.07) is 29.6. The Morgan fingerprint density at radius 2 is 1.75 bits per heavy atom. The molecule has 240 valence electrons. The molecule has 6 aromatic rings. The van der Waals surface area contributed by atoms with E-state index in [9.17, 15) is 9.59 Å². The Bertz CT molecular complexity index is 2440. The lowest BCUT2D eigenvalue weighted by molar-refractivity contribution is -0.113. The van der Waals surface area contributed by atoms with Crippen molar-refractivity contribution in [3.8, 4) is 5.75 Å². The molecule has 0 bridgehead atoms. The Hall–Kier alpha value is -4.89. The van der Waals surface area contributed by atoms with Crippen LogP contribution < -0.4 is 24.9 Å². The molecule has 0 saturated heterocycles. The number of carbonyl (C=O) groups is 1. The molecule has 0 aliphatic carbocycles. The summed E-state index contributed by atoms with van der Waals surface area (Å²) in [6.07, 6.45) is 1.94. The number of nitrogens with one attached hydrogen (secondary N) is 1. The van der Waals surface area contributed by atoms with Crippen molar-refractivity contribution in [2.24, 2.45) is 4.99 Å². The van der Waals surface area contributed by atoms with E-state index >= 15 is 0 Å². The number of anilines is 1. The Balaban J connectivity index is 1.39. The minimum absolute atomic E-state index is 0.235. The van der Waals surface area contributed by atoms with Gasteiger partial charge in [-0.2, -0.15) is 0 Å². The molecule has 0 spiro atoms. The summed E-state index contributed by atoms with van der Waals surface area (Å²) in [4.78, 5) is 33.7. The van der Waals surface area contributed by atoms with Gasteiger partial charge in [0.15, 0.2) is 4.80 Å². The minimum Gasteiger partial charge on any atom is -0.497 e. The van der Waals surface area contributed by atoms with E-state index in [0.29, 0.717) is 48.6 Å². The van der Waals surface area contributed by atoms with Gasteiger partial charge in [-0.1, -0.05) is 89.1 Å². The van der Waals surface area contributed by atoms with Crippen LogP contribution in [-0.4, -0.2) is 22.2 Å². The summed E-state index contributed by atoms with van der Waals surface area (Å²) >= 11 is 14.1. The van der Waals surface area contributed by atoms with Gasteiger partial charge in [-0.25, -0.2) is 4.99 Å². The van der Waals surface area contributed by atoms with Gasteiger partial charge in [0.25, 0.3) is 11.5 Å². The van der Waals surface area contributed by atoms with Crippen LogP contribution in [0.4, 0.5) is 5.69 Å². The average molecular weight is 694 g/mol. The van der Waals surface area contributed by atoms with Gasteiger partial charge in [0.1, 0.15) is 5.75 Å². The van der Waals surface area contributed by atoms with Crippen LogP contribution in [0.15, 0.2) is 118 Å². The Morgan fingerprint density at radius 3 is 2.52 bits per heavy atom. The van der Waals surface area contributed by atoms with Crippen molar-refractivity contribution in [2.75, 3.05) is 12.4 Å². The largest absolute Gasteiger partial charge is 0.497 e. The number of allylic oxidation sites excluding steroid dienone is 1. The van der Waals surface area contributed by atoms with E-state index in [1.165, 1.54) is 11.3 Å². The van der Waals surface area contributed by atoms with Crippen molar-refractivity contribution in [1.29, 1.82) is 0 Å². The third-order valence-corrected chi connectivity index (χ3v) is 10.2. The van der Waals surface area contributed by atoms with E-state index in [-0.39, 0.29) is 11.5 Å². The molecular weight excluding hydrogens is 663 g/mol. The van der Waals surface area contributed by atoms with E-state index in [1.807, 2.05) is 98.8 Å². The second-order valence-electron chi connectivity index (χ2n) is 11.5. The monoisotopic (exact) mass is 692 g/mol. The molecule has 4 aromatic carbocycles. The molecule has 48 heavy (non-hydrogen) atoms. The number of thiazole rings is 1. The van der Waals surface area contributed by atoms with Gasteiger partial charge >= 0.3 is 0 Å². The highest BCUT2D eigenvalue weighted by Crippen LogP contribution is 2.33. The molecule has 7 rings (SSSR count). The van der Waals surface area contributed by atoms with Gasteiger partial charge in [0.05, 0.1) is 29.0 Å². The van der Waals surface area contributed by atoms with Crippen molar-refractivity contribution in [3.05, 3.63) is 160 Å². The summed E-state index contributed by atoms with van der Waals surface area (Å²) in [5, 5.41) is 5.18. The van der Waals surface area contributed by atoms with Crippen molar-refractivity contribution in [2.45, 2.75) is 26.4 Å². The number of nitrogens with zero attached hydrogens (tertiary/aromatic N) is 3. The number of rotatable bonds is 7. The summed E-state index contributed by atoms with van der Waals surface area (Å²) in [5.74, 6) is 0.292. The van der Waals surface area contributed by atoms with Crippen LogP contribution in [0.5, 0.6) is 5.75 Å². The predicted molar refractivity (Wildman–Crippen MR) is 194 cm³/mol. The number of aromatic nitrogens is 2. The van der Waals surface area contributed by atoms with Crippen molar-refractivity contribution in [1.82, 2.24) is 9.13 Å². The maximum absolute atomic E-state index is 14.5. The third-order valence-electron chi connectivity index (χ3n) is 8.61. The molecule has 1 atom stereocenters. The molecule has 7 nitrogen and oxygen atoms in total. The van der Waals surface area contributed by atoms with Gasteiger partial charge in [-0.15, -0.1) is 0 Å². The number of amides is 1. The molecule has 3 heterocycles. The fraction of sp³-hybridized carbons (Fsp3) is 0.132. The number of fused-ring (bicyclic) bond motifs is 2. The number of carbonyl (C=O) groups excluding carboxylic acids is 1. The first kappa shape index (κ1) is 31.7. The summed E-state index contributed by atoms with van der Waals surface area (Å²) < 4.78 is 9.86. The van der Waals surface area contributed by atoms with Crippen LogP contribution in [-0.2, 0) is 11.3 Å². The zero-order chi connectivity index (χ0) is 33.5. The first-order valence-corrected chi connectivity index (χ1v) is 16.9. The van der Waals surface area contributed by atoms with Gasteiger partial charge in [0, 0.05) is 44.4 Å². The zero-order valence-corrected chi connectivity index (χ0v) is 28.7. The molecule has 2 aromatic heterocycles. The summed E-state index contributed by atoms with van der Waals surface area (Å²) in [7, 11) is 1.59. The van der Waals surface area contributed by atoms with Crippen molar-refractivity contribution in [3.63, 3.8) is 0 Å². The van der Waals surface area contributed by atoms with Crippen molar-refractivity contribution >= 4 is 63.1 Å². The normalized spacial score (nSPS) is 14.6. The standard InChI is InChI=1S/C38H30Cl2N4O3S/c1-22-34(36(45)42-27-11-5-4-6-12-27)35(24-10-9-13-28(18-24)47-3)44-37(46)33(48-38(44)41-22)20-30-23(2)43(32-15-8-7-14-29(30)32)21-25-16-17-26(39)19-31(25)40/h4-20,35H,21H2,1-3H3,(H,42,45)/b33-20-/t35-/m0/s1. The molecule has 0 radical (unpaired) electrons. The molecule has 1 N–H and O–H groups in total. The number of benzene rings is 4. The second kappa shape index (κ2) is 13.0. The van der Waals surface area contributed by atoms with Crippen LogP contribution >= 0.6 is 34.5 Å².